The second-order valence-electron chi connectivity index (χ2n) is 2.05. The lowest BCUT2D eigenvalue weighted by atomic mass is 10.8. The molecule has 0 bridgehead atoms. The Hall–Kier alpha value is -0.510. The Balaban J connectivity index is 2.68. The monoisotopic (exact) mass is 194 g/mol. The molecular formula is C6H11O5P. The van der Waals surface area contributed by atoms with E-state index in [1.807, 2.05) is 0 Å². The summed E-state index contributed by atoms with van der Waals surface area (Å²) in [6.07, 6.45) is 0. The SMILES string of the molecule is COP(=O)(C=C1OCCO1)OC. The first-order valence-electron chi connectivity index (χ1n) is 3.40. The van der Waals surface area contributed by atoms with Crippen molar-refractivity contribution >= 4 is 7.60 Å². The lowest BCUT2D eigenvalue weighted by Crippen LogP contribution is -1.88. The van der Waals surface area contributed by atoms with Gasteiger partial charge in [-0.2, -0.15) is 0 Å². The maximum atomic E-state index is 11.4. The van der Waals surface area contributed by atoms with Crippen LogP contribution in [0.3, 0.4) is 0 Å². The van der Waals surface area contributed by atoms with Gasteiger partial charge in [0, 0.05) is 14.2 Å². The van der Waals surface area contributed by atoms with Crippen molar-refractivity contribution in [2.24, 2.45) is 0 Å². The largest absolute Gasteiger partial charge is 0.462 e. The van der Waals surface area contributed by atoms with Gasteiger partial charge in [-0.25, -0.2) is 0 Å². The van der Waals surface area contributed by atoms with Gasteiger partial charge in [0.2, 0.25) is 0 Å². The molecule has 1 aliphatic heterocycles. The zero-order chi connectivity index (χ0) is 9.03. The zero-order valence-corrected chi connectivity index (χ0v) is 7.87. The second-order valence-corrected chi connectivity index (χ2v) is 4.12. The van der Waals surface area contributed by atoms with Crippen molar-refractivity contribution in [1.29, 1.82) is 0 Å². The second kappa shape index (κ2) is 3.94. The molecule has 1 fully saturated rings. The van der Waals surface area contributed by atoms with E-state index in [9.17, 15) is 4.57 Å². The maximum absolute atomic E-state index is 11.4. The van der Waals surface area contributed by atoms with E-state index in [1.165, 1.54) is 20.0 Å². The minimum absolute atomic E-state index is 0.210. The summed E-state index contributed by atoms with van der Waals surface area (Å²) in [6.45, 7) is 0.943. The van der Waals surface area contributed by atoms with Gasteiger partial charge in [0.15, 0.2) is 0 Å². The molecule has 12 heavy (non-hydrogen) atoms. The van der Waals surface area contributed by atoms with Crippen LogP contribution in [0.2, 0.25) is 0 Å². The molecule has 70 valence electrons. The first-order chi connectivity index (χ1) is 5.70. The van der Waals surface area contributed by atoms with Crippen LogP contribution in [0.5, 0.6) is 0 Å². The average Bonchev–Trinajstić information content (AvgIpc) is 2.57. The first-order valence-corrected chi connectivity index (χ1v) is 5.01. The van der Waals surface area contributed by atoms with Gasteiger partial charge in [0.05, 0.1) is 0 Å². The van der Waals surface area contributed by atoms with Crippen molar-refractivity contribution in [2.75, 3.05) is 27.4 Å². The third-order valence-corrected chi connectivity index (χ3v) is 2.89. The van der Waals surface area contributed by atoms with E-state index in [4.69, 9.17) is 9.47 Å². The van der Waals surface area contributed by atoms with Crippen LogP contribution in [0.4, 0.5) is 0 Å². The molecule has 1 aliphatic rings. The lowest BCUT2D eigenvalue weighted by Gasteiger charge is -2.08. The molecule has 1 heterocycles. The maximum Gasteiger partial charge on any atom is 0.360 e. The zero-order valence-electron chi connectivity index (χ0n) is 6.98. The van der Waals surface area contributed by atoms with Crippen molar-refractivity contribution in [2.45, 2.75) is 0 Å². The molecule has 0 radical (unpaired) electrons. The Kier molecular flexibility index (Phi) is 3.14. The topological polar surface area (TPSA) is 54.0 Å². The Bertz CT molecular complexity index is 208. The van der Waals surface area contributed by atoms with E-state index in [-0.39, 0.29) is 5.95 Å². The van der Waals surface area contributed by atoms with E-state index in [2.05, 4.69) is 9.05 Å². The molecule has 0 atom stereocenters. The van der Waals surface area contributed by atoms with Crippen LogP contribution in [0, 0.1) is 0 Å². The fraction of sp³-hybridized carbons (Fsp3) is 0.667. The van der Waals surface area contributed by atoms with Gasteiger partial charge in [-0.1, -0.05) is 0 Å². The average molecular weight is 194 g/mol. The summed E-state index contributed by atoms with van der Waals surface area (Å²) in [5, 5.41) is 0. The third-order valence-electron chi connectivity index (χ3n) is 1.34. The number of hydrogen-bond acceptors (Lipinski definition) is 5. The summed E-state index contributed by atoms with van der Waals surface area (Å²) in [4.78, 5) is 0. The van der Waals surface area contributed by atoms with E-state index < -0.39 is 7.60 Å². The Morgan fingerprint density at radius 1 is 1.33 bits per heavy atom. The Morgan fingerprint density at radius 2 is 1.83 bits per heavy atom. The summed E-state index contributed by atoms with van der Waals surface area (Å²) in [6, 6.07) is 0. The molecule has 1 saturated heterocycles. The Morgan fingerprint density at radius 3 is 2.25 bits per heavy atom. The van der Waals surface area contributed by atoms with Crippen LogP contribution in [-0.4, -0.2) is 27.4 Å². The molecule has 0 unspecified atom stereocenters. The molecule has 0 N–H and O–H groups in total. The van der Waals surface area contributed by atoms with Crippen LogP contribution in [0.1, 0.15) is 0 Å². The predicted octanol–water partition coefficient (Wildman–Crippen LogP) is 1.32. The summed E-state index contributed by atoms with van der Waals surface area (Å²) in [5.74, 6) is 1.43. The molecule has 0 aromatic heterocycles. The van der Waals surface area contributed by atoms with Crippen molar-refractivity contribution in [3.8, 4) is 0 Å². The highest BCUT2D eigenvalue weighted by molar-refractivity contribution is 7.57. The standard InChI is InChI=1S/C6H11O5P/c1-8-12(7,9-2)5-6-10-3-4-11-6/h5H,3-4H2,1-2H3. The predicted molar refractivity (Wildman–Crippen MR) is 41.6 cm³/mol. The molecule has 0 spiro atoms. The van der Waals surface area contributed by atoms with Gasteiger partial charge in [-0.3, -0.25) is 4.57 Å². The normalized spacial score (nSPS) is 17.0. The molecule has 0 aromatic carbocycles. The van der Waals surface area contributed by atoms with Crippen LogP contribution in [0.25, 0.3) is 0 Å². The Labute approximate surface area is 70.8 Å². The van der Waals surface area contributed by atoms with Crippen LogP contribution >= 0.6 is 7.60 Å². The smallest absolute Gasteiger partial charge is 0.360 e. The van der Waals surface area contributed by atoms with Crippen LogP contribution in [-0.2, 0) is 23.1 Å². The van der Waals surface area contributed by atoms with Gasteiger partial charge < -0.3 is 18.5 Å². The van der Waals surface area contributed by atoms with Gasteiger partial charge in [-0.05, 0) is 0 Å². The van der Waals surface area contributed by atoms with Gasteiger partial charge in [-0.15, -0.1) is 0 Å². The van der Waals surface area contributed by atoms with E-state index in [1.54, 1.807) is 0 Å². The molecule has 1 rings (SSSR count). The van der Waals surface area contributed by atoms with Crippen molar-refractivity contribution in [1.82, 2.24) is 0 Å². The molecule has 0 aliphatic carbocycles. The minimum Gasteiger partial charge on any atom is -0.462 e. The minimum atomic E-state index is -3.14. The van der Waals surface area contributed by atoms with E-state index >= 15 is 0 Å². The van der Waals surface area contributed by atoms with Crippen LogP contribution in [0.15, 0.2) is 11.8 Å². The summed E-state index contributed by atoms with van der Waals surface area (Å²) >= 11 is 0. The van der Waals surface area contributed by atoms with Crippen LogP contribution < -0.4 is 0 Å². The van der Waals surface area contributed by atoms with Gasteiger partial charge in [0.25, 0.3) is 5.95 Å². The number of rotatable bonds is 3. The highest BCUT2D eigenvalue weighted by Gasteiger charge is 2.22. The van der Waals surface area contributed by atoms with Gasteiger partial charge in [0.1, 0.15) is 19.0 Å². The molecule has 6 heteroatoms. The molecule has 0 amide bonds. The fourth-order valence-electron chi connectivity index (χ4n) is 0.710. The molecule has 5 nitrogen and oxygen atoms in total. The first kappa shape index (κ1) is 9.58. The summed E-state index contributed by atoms with van der Waals surface area (Å²) in [7, 11) is -0.539. The van der Waals surface area contributed by atoms with Crippen molar-refractivity contribution < 1.29 is 23.1 Å². The van der Waals surface area contributed by atoms with Gasteiger partial charge >= 0.3 is 7.60 Å². The number of ether oxygens (including phenoxy) is 2. The summed E-state index contributed by atoms with van der Waals surface area (Å²) in [5.41, 5.74) is 0. The van der Waals surface area contributed by atoms with Crippen molar-refractivity contribution in [3.63, 3.8) is 0 Å². The summed E-state index contributed by atoms with van der Waals surface area (Å²) < 4.78 is 30.6. The highest BCUT2D eigenvalue weighted by atomic mass is 31.2. The van der Waals surface area contributed by atoms with E-state index in [0.717, 1.165) is 0 Å². The lowest BCUT2D eigenvalue weighted by molar-refractivity contribution is 0.174. The fourth-order valence-corrected chi connectivity index (χ4v) is 1.48. The van der Waals surface area contributed by atoms with Crippen molar-refractivity contribution in [3.05, 3.63) is 11.8 Å². The molecule has 0 saturated carbocycles. The molecule has 0 aromatic rings. The third kappa shape index (κ3) is 2.24. The number of hydrogen-bond donors (Lipinski definition) is 0. The quantitative estimate of drug-likeness (QED) is 0.634. The van der Waals surface area contributed by atoms with E-state index in [0.29, 0.717) is 13.2 Å². The molecular weight excluding hydrogens is 183 g/mol. The highest BCUT2D eigenvalue weighted by Crippen LogP contribution is 2.49.